The molecule has 0 aromatic heterocycles. The largest absolute Gasteiger partial charge is 0.444 e. The van der Waals surface area contributed by atoms with E-state index in [0.717, 1.165) is 45.6 Å². The van der Waals surface area contributed by atoms with Gasteiger partial charge in [0, 0.05) is 19.1 Å². The van der Waals surface area contributed by atoms with Crippen molar-refractivity contribution < 1.29 is 9.53 Å². The van der Waals surface area contributed by atoms with E-state index in [-0.39, 0.29) is 6.09 Å². The van der Waals surface area contributed by atoms with Crippen LogP contribution in [0.4, 0.5) is 4.79 Å². The van der Waals surface area contributed by atoms with Crippen molar-refractivity contribution in [1.29, 1.82) is 0 Å². The van der Waals surface area contributed by atoms with Crippen molar-refractivity contribution in [3.8, 4) is 0 Å². The first-order chi connectivity index (χ1) is 10.9. The summed E-state index contributed by atoms with van der Waals surface area (Å²) >= 11 is 0. The average Bonchev–Trinajstić information content (AvgIpc) is 2.75. The summed E-state index contributed by atoms with van der Waals surface area (Å²) in [7, 11) is 0. The summed E-state index contributed by atoms with van der Waals surface area (Å²) in [4.78, 5) is 14.1. The highest BCUT2D eigenvalue weighted by molar-refractivity contribution is 5.68. The van der Waals surface area contributed by atoms with Gasteiger partial charge in [0.15, 0.2) is 0 Å². The lowest BCUT2D eigenvalue weighted by atomic mass is 9.95. The molecule has 0 radical (unpaired) electrons. The van der Waals surface area contributed by atoms with E-state index in [1.807, 2.05) is 25.7 Å². The number of ether oxygens (including phenoxy) is 1. The van der Waals surface area contributed by atoms with E-state index in [9.17, 15) is 4.79 Å². The summed E-state index contributed by atoms with van der Waals surface area (Å²) in [6, 6.07) is 0.663. The number of carbonyl (C=O) groups is 1. The fraction of sp³-hybridized carbons (Fsp3) is 0.944. The minimum atomic E-state index is -0.404. The summed E-state index contributed by atoms with van der Waals surface area (Å²) in [5.41, 5.74) is -0.404. The number of hydrogen-bond donors (Lipinski definition) is 2. The Hall–Kier alpha value is -0.810. The van der Waals surface area contributed by atoms with Crippen molar-refractivity contribution in [2.45, 2.75) is 70.9 Å². The Morgan fingerprint density at radius 1 is 1.22 bits per heavy atom. The van der Waals surface area contributed by atoms with Crippen LogP contribution < -0.4 is 10.6 Å². The van der Waals surface area contributed by atoms with Crippen LogP contribution in [0.3, 0.4) is 0 Å². The first-order valence-corrected chi connectivity index (χ1v) is 9.36. The molecule has 2 aliphatic rings. The molecular weight excluding hydrogens is 290 g/mol. The maximum Gasteiger partial charge on any atom is 0.410 e. The molecule has 0 bridgehead atoms. The number of likely N-dealkylation sites (tertiary alicyclic amines) is 1. The molecule has 2 saturated heterocycles. The Kier molecular flexibility index (Phi) is 7.15. The molecule has 2 atom stereocenters. The third-order valence-corrected chi connectivity index (χ3v) is 4.73. The lowest BCUT2D eigenvalue weighted by Gasteiger charge is -2.34. The standard InChI is InChI=1S/C18H35N3O2/c1-18(2,3)23-17(22)21-13-5-6-15(14-21)8-12-20-16-7-4-10-19-11-9-16/h15-16,19-20H,4-14H2,1-3H3. The Morgan fingerprint density at radius 3 is 2.83 bits per heavy atom. The molecule has 2 rings (SSSR count). The number of hydrogen-bond acceptors (Lipinski definition) is 4. The molecule has 23 heavy (non-hydrogen) atoms. The average molecular weight is 325 g/mol. The molecular formula is C18H35N3O2. The number of piperidine rings is 1. The Balaban J connectivity index is 1.68. The van der Waals surface area contributed by atoms with Crippen LogP contribution in [0.1, 0.15) is 59.3 Å². The zero-order chi connectivity index (χ0) is 16.7. The fourth-order valence-corrected chi connectivity index (χ4v) is 3.51. The zero-order valence-electron chi connectivity index (χ0n) is 15.2. The van der Waals surface area contributed by atoms with Gasteiger partial charge in [0.2, 0.25) is 0 Å². The van der Waals surface area contributed by atoms with Crippen LogP contribution in [-0.4, -0.2) is 55.4 Å². The number of rotatable bonds is 4. The summed E-state index contributed by atoms with van der Waals surface area (Å²) in [5, 5.41) is 7.17. The number of amides is 1. The first kappa shape index (κ1) is 18.5. The van der Waals surface area contributed by atoms with Gasteiger partial charge in [-0.2, -0.15) is 0 Å². The normalized spacial score (nSPS) is 26.7. The van der Waals surface area contributed by atoms with Gasteiger partial charge in [-0.15, -0.1) is 0 Å². The molecule has 0 aromatic carbocycles. The van der Waals surface area contributed by atoms with E-state index in [2.05, 4.69) is 10.6 Å². The molecule has 5 heteroatoms. The SMILES string of the molecule is CC(C)(C)OC(=O)N1CCCC(CCNC2CCCNCC2)C1. The van der Waals surface area contributed by atoms with E-state index >= 15 is 0 Å². The van der Waals surface area contributed by atoms with E-state index in [0.29, 0.717) is 12.0 Å². The molecule has 2 fully saturated rings. The fourth-order valence-electron chi connectivity index (χ4n) is 3.51. The first-order valence-electron chi connectivity index (χ1n) is 9.36. The van der Waals surface area contributed by atoms with Crippen molar-refractivity contribution in [2.24, 2.45) is 5.92 Å². The molecule has 2 unspecified atom stereocenters. The molecule has 2 N–H and O–H groups in total. The third kappa shape index (κ3) is 7.08. The third-order valence-electron chi connectivity index (χ3n) is 4.73. The monoisotopic (exact) mass is 325 g/mol. The van der Waals surface area contributed by atoms with Crippen molar-refractivity contribution in [3.63, 3.8) is 0 Å². The number of carbonyl (C=O) groups excluding carboxylic acids is 1. The van der Waals surface area contributed by atoms with Crippen LogP contribution in [0, 0.1) is 5.92 Å². The van der Waals surface area contributed by atoms with Gasteiger partial charge in [-0.3, -0.25) is 0 Å². The number of nitrogens with zero attached hydrogens (tertiary/aromatic N) is 1. The summed E-state index contributed by atoms with van der Waals surface area (Å²) in [6.45, 7) is 10.8. The molecule has 2 aliphatic heterocycles. The molecule has 5 nitrogen and oxygen atoms in total. The van der Waals surface area contributed by atoms with Crippen molar-refractivity contribution in [1.82, 2.24) is 15.5 Å². The molecule has 0 saturated carbocycles. The highest BCUT2D eigenvalue weighted by atomic mass is 16.6. The van der Waals surface area contributed by atoms with Crippen molar-refractivity contribution >= 4 is 6.09 Å². The predicted octanol–water partition coefficient (Wildman–Crippen LogP) is 2.76. The van der Waals surface area contributed by atoms with Crippen molar-refractivity contribution in [3.05, 3.63) is 0 Å². The van der Waals surface area contributed by atoms with Gasteiger partial charge in [0.1, 0.15) is 5.60 Å². The van der Waals surface area contributed by atoms with Gasteiger partial charge in [-0.25, -0.2) is 4.79 Å². The summed E-state index contributed by atoms with van der Waals surface area (Å²) in [6.07, 6.45) is 7.11. The van der Waals surface area contributed by atoms with Crippen LogP contribution >= 0.6 is 0 Å². The van der Waals surface area contributed by atoms with Gasteiger partial charge in [0.25, 0.3) is 0 Å². The maximum absolute atomic E-state index is 12.2. The van der Waals surface area contributed by atoms with Crippen molar-refractivity contribution in [2.75, 3.05) is 32.7 Å². The molecule has 1 amide bonds. The Bertz CT molecular complexity index is 360. The van der Waals surface area contributed by atoms with E-state index in [4.69, 9.17) is 4.74 Å². The molecule has 0 aliphatic carbocycles. The summed E-state index contributed by atoms with van der Waals surface area (Å²) in [5.74, 6) is 0.604. The highest BCUT2D eigenvalue weighted by Gasteiger charge is 2.27. The molecule has 2 heterocycles. The second-order valence-electron chi connectivity index (χ2n) is 8.06. The van der Waals surface area contributed by atoms with Crippen LogP contribution in [0.2, 0.25) is 0 Å². The van der Waals surface area contributed by atoms with Crippen LogP contribution in [0.25, 0.3) is 0 Å². The van der Waals surface area contributed by atoms with Crippen LogP contribution in [-0.2, 0) is 4.74 Å². The van der Waals surface area contributed by atoms with Gasteiger partial charge < -0.3 is 20.3 Å². The number of nitrogens with one attached hydrogen (secondary N) is 2. The van der Waals surface area contributed by atoms with Gasteiger partial charge in [-0.1, -0.05) is 0 Å². The molecule has 0 spiro atoms. The Morgan fingerprint density at radius 2 is 2.04 bits per heavy atom. The minimum Gasteiger partial charge on any atom is -0.444 e. The lowest BCUT2D eigenvalue weighted by molar-refractivity contribution is 0.0161. The van der Waals surface area contributed by atoms with Gasteiger partial charge in [-0.05, 0) is 84.8 Å². The van der Waals surface area contributed by atoms with E-state index in [1.165, 1.54) is 25.7 Å². The Labute approximate surface area is 141 Å². The molecule has 134 valence electrons. The predicted molar refractivity (Wildman–Crippen MR) is 93.7 cm³/mol. The minimum absolute atomic E-state index is 0.148. The zero-order valence-corrected chi connectivity index (χ0v) is 15.2. The maximum atomic E-state index is 12.2. The highest BCUT2D eigenvalue weighted by Crippen LogP contribution is 2.21. The van der Waals surface area contributed by atoms with E-state index in [1.54, 1.807) is 0 Å². The van der Waals surface area contributed by atoms with Crippen LogP contribution in [0.5, 0.6) is 0 Å². The van der Waals surface area contributed by atoms with Gasteiger partial charge in [0.05, 0.1) is 0 Å². The quantitative estimate of drug-likeness (QED) is 0.834. The van der Waals surface area contributed by atoms with Crippen LogP contribution in [0.15, 0.2) is 0 Å². The smallest absolute Gasteiger partial charge is 0.410 e. The lowest BCUT2D eigenvalue weighted by Crippen LogP contribution is -2.43. The second-order valence-corrected chi connectivity index (χ2v) is 8.06. The topological polar surface area (TPSA) is 53.6 Å². The molecule has 0 aromatic rings. The van der Waals surface area contributed by atoms with Gasteiger partial charge >= 0.3 is 6.09 Å². The summed E-state index contributed by atoms with van der Waals surface area (Å²) < 4.78 is 5.50. The van der Waals surface area contributed by atoms with E-state index < -0.39 is 5.60 Å². The second kappa shape index (κ2) is 8.88.